The highest BCUT2D eigenvalue weighted by Gasteiger charge is 2.43. The van der Waals surface area contributed by atoms with E-state index in [2.05, 4.69) is 10.4 Å². The van der Waals surface area contributed by atoms with Gasteiger partial charge in [0.2, 0.25) is 5.91 Å². The van der Waals surface area contributed by atoms with Crippen molar-refractivity contribution in [2.24, 2.45) is 5.92 Å². The fourth-order valence-electron chi connectivity index (χ4n) is 4.88. The van der Waals surface area contributed by atoms with Crippen molar-refractivity contribution >= 4 is 50.9 Å². The molecule has 3 atom stereocenters. The number of hydrogen-bond donors (Lipinski definition) is 1. The van der Waals surface area contributed by atoms with Crippen LogP contribution in [0, 0.1) is 11.7 Å². The second-order valence-electron chi connectivity index (χ2n) is 10.9. The summed E-state index contributed by atoms with van der Waals surface area (Å²) in [7, 11) is 2.12. The Labute approximate surface area is 225 Å². The highest BCUT2D eigenvalue weighted by atomic mass is 32.2. The number of carbonyl (C=O) groups is 2. The lowest BCUT2D eigenvalue weighted by atomic mass is 9.48. The van der Waals surface area contributed by atoms with E-state index in [-0.39, 0.29) is 23.3 Å². The molecule has 2 amide bonds. The van der Waals surface area contributed by atoms with Crippen LogP contribution in [0.2, 0.25) is 0 Å². The summed E-state index contributed by atoms with van der Waals surface area (Å²) in [6, 6.07) is 13.1. The van der Waals surface area contributed by atoms with Crippen LogP contribution in [0.3, 0.4) is 0 Å². The van der Waals surface area contributed by atoms with Gasteiger partial charge >= 0.3 is 0 Å². The largest absolute Gasteiger partial charge is 0.338 e. The van der Waals surface area contributed by atoms with Crippen LogP contribution < -0.4 is 10.2 Å². The normalized spacial score (nSPS) is 20.1. The van der Waals surface area contributed by atoms with Crippen molar-refractivity contribution in [3.05, 3.63) is 77.4 Å². The van der Waals surface area contributed by atoms with Gasteiger partial charge in [0.05, 0.1) is 17.6 Å². The van der Waals surface area contributed by atoms with Gasteiger partial charge in [-0.2, -0.15) is 5.10 Å². The third-order valence-corrected chi connectivity index (χ3v) is 8.15. The summed E-state index contributed by atoms with van der Waals surface area (Å²) in [6.45, 7) is 4.00. The molecule has 0 saturated carbocycles. The number of carbonyl (C=O) groups excluding carboxylic acids is 2. The zero-order valence-electron chi connectivity index (χ0n) is 22.4. The first kappa shape index (κ1) is 27.7. The van der Waals surface area contributed by atoms with Crippen LogP contribution in [0.15, 0.2) is 59.6 Å². The predicted molar refractivity (Wildman–Crippen MR) is 152 cm³/mol. The molecule has 2 heterocycles. The summed E-state index contributed by atoms with van der Waals surface area (Å²) in [4.78, 5) is 29.0. The predicted octanol–water partition coefficient (Wildman–Crippen LogP) is -0.131. The van der Waals surface area contributed by atoms with Crippen molar-refractivity contribution < 1.29 is 22.4 Å². The Kier molecular flexibility index (Phi) is 7.35. The molecule has 1 aromatic heterocycles. The lowest BCUT2D eigenvalue weighted by Gasteiger charge is -2.38. The third-order valence-electron chi connectivity index (χ3n) is 7.04. The Morgan fingerprint density at radius 1 is 1.13 bits per heavy atom. The molecule has 0 unspecified atom stereocenters. The molecule has 8 nitrogen and oxygen atoms in total. The summed E-state index contributed by atoms with van der Waals surface area (Å²) in [5.74, 6) is -2.66. The van der Waals surface area contributed by atoms with E-state index in [0.29, 0.717) is 11.3 Å². The van der Waals surface area contributed by atoms with E-state index in [0.717, 1.165) is 18.0 Å². The maximum Gasteiger partial charge on any atom is 0.275 e. The highest BCUT2D eigenvalue weighted by molar-refractivity contribution is 7.90. The monoisotopic (exact) mass is 534 g/mol. The Morgan fingerprint density at radius 2 is 1.79 bits per heavy atom. The fourth-order valence-corrected chi connectivity index (χ4v) is 5.54. The van der Waals surface area contributed by atoms with Gasteiger partial charge in [0.1, 0.15) is 29.6 Å². The molecule has 4 rings (SSSR count). The minimum Gasteiger partial charge on any atom is -0.338 e. The number of aromatic nitrogens is 2. The average molecular weight is 534 g/mol. The minimum atomic E-state index is -3.47. The van der Waals surface area contributed by atoms with Gasteiger partial charge in [0, 0.05) is 11.9 Å². The molecule has 1 N–H and O–H groups in total. The second-order valence-corrected chi connectivity index (χ2v) is 13.0. The average Bonchev–Trinajstić information content (AvgIpc) is 3.17. The minimum absolute atomic E-state index is 0.158. The number of sulfone groups is 1. The van der Waals surface area contributed by atoms with Gasteiger partial charge in [-0.25, -0.2) is 12.8 Å². The number of nitrogens with zero attached hydrogens (tertiary/aromatic N) is 3. The van der Waals surface area contributed by atoms with E-state index in [9.17, 15) is 22.4 Å². The van der Waals surface area contributed by atoms with Gasteiger partial charge in [0.25, 0.3) is 5.91 Å². The van der Waals surface area contributed by atoms with Gasteiger partial charge in [-0.05, 0) is 46.4 Å². The lowest BCUT2D eigenvalue weighted by molar-refractivity contribution is -0.121. The van der Waals surface area contributed by atoms with E-state index < -0.39 is 44.5 Å². The van der Waals surface area contributed by atoms with E-state index in [1.165, 1.54) is 10.7 Å². The number of anilines is 1. The third kappa shape index (κ3) is 5.43. The van der Waals surface area contributed by atoms with Crippen LogP contribution in [0.4, 0.5) is 10.1 Å². The number of benzene rings is 2. The molecule has 0 bridgehead atoms. The highest BCUT2D eigenvalue weighted by Crippen LogP contribution is 2.41. The summed E-state index contributed by atoms with van der Waals surface area (Å²) in [6.07, 6.45) is 2.30. The number of rotatable bonds is 6. The van der Waals surface area contributed by atoms with E-state index in [1.807, 2.05) is 67.7 Å². The number of nitrogens with one attached hydrogen (secondary N) is 1. The quantitative estimate of drug-likeness (QED) is 0.445. The first-order valence-electron chi connectivity index (χ1n) is 12.4. The lowest BCUT2D eigenvalue weighted by Crippen LogP contribution is -2.60. The molecule has 0 aliphatic carbocycles. The topological polar surface area (TPSA) is 101 Å². The first-order valence-corrected chi connectivity index (χ1v) is 14.3. The van der Waals surface area contributed by atoms with Crippen LogP contribution in [-0.4, -0.2) is 71.1 Å². The van der Waals surface area contributed by atoms with Crippen molar-refractivity contribution in [2.75, 3.05) is 11.2 Å². The number of halogens is 1. The molecule has 13 heteroatoms. The van der Waals surface area contributed by atoms with Gasteiger partial charge in [0.15, 0.2) is 21.3 Å². The van der Waals surface area contributed by atoms with Crippen molar-refractivity contribution in [3.8, 4) is 0 Å². The van der Waals surface area contributed by atoms with Crippen LogP contribution in [0.1, 0.15) is 41.4 Å². The van der Waals surface area contributed by atoms with E-state index in [1.54, 1.807) is 17.0 Å². The number of fused-ring (bicyclic) bond motifs is 1. The Bertz CT molecular complexity index is 1490. The van der Waals surface area contributed by atoms with Crippen LogP contribution >= 0.6 is 0 Å². The first-order chi connectivity index (χ1) is 17.7. The van der Waals surface area contributed by atoms with Crippen LogP contribution in [-0.2, 0) is 21.2 Å². The van der Waals surface area contributed by atoms with E-state index >= 15 is 0 Å². The van der Waals surface area contributed by atoms with Gasteiger partial charge < -0.3 is 10.2 Å². The van der Waals surface area contributed by atoms with Crippen molar-refractivity contribution in [2.45, 2.75) is 42.5 Å². The molecule has 0 fully saturated rings. The second kappa shape index (κ2) is 10.1. The molecule has 0 saturated heterocycles. The van der Waals surface area contributed by atoms with Gasteiger partial charge in [-0.3, -0.25) is 14.3 Å². The summed E-state index contributed by atoms with van der Waals surface area (Å²) < 4.78 is 40.7. The van der Waals surface area contributed by atoms with Crippen LogP contribution in [0.5, 0.6) is 0 Å². The Balaban J connectivity index is 1.69. The zero-order valence-corrected chi connectivity index (χ0v) is 23.2. The molecule has 38 heavy (non-hydrogen) atoms. The van der Waals surface area contributed by atoms with Crippen LogP contribution in [0.25, 0.3) is 0 Å². The molecule has 0 radical (unpaired) electrons. The standard InChI is InChI=1S/C25H30B3FN4O4S/c1-14-15(2)21(30-23(34)22-19(29)13-32(31-22)12-16-7-5-4-6-8-16)24(35)33(25(26,27)28)20-10-9-17(11-18(14)20)38(3,36)37/h4-11,13-15,21H,12,26-28H2,1-3H3,(H,30,34)/t14-,15+,21+/m1/s1. The molecule has 0 spiro atoms. The Morgan fingerprint density at radius 3 is 2.39 bits per heavy atom. The van der Waals surface area contributed by atoms with Crippen molar-refractivity contribution in [1.82, 2.24) is 15.1 Å². The maximum atomic E-state index is 14.8. The van der Waals surface area contributed by atoms with Gasteiger partial charge in [-0.1, -0.05) is 44.2 Å². The summed E-state index contributed by atoms with van der Waals surface area (Å²) >= 11 is 0. The molecule has 1 aliphatic rings. The number of amides is 2. The SMILES string of the molecule is BC(B)(B)N1C(=O)[C@@H](NC(=O)c2nn(Cc3ccccc3)cc2F)[C@@H](C)[C@@H](C)c2cc(S(C)(=O)=O)ccc21. The maximum absolute atomic E-state index is 14.8. The van der Waals surface area contributed by atoms with E-state index in [4.69, 9.17) is 0 Å². The molecular weight excluding hydrogens is 504 g/mol. The molecule has 3 aromatic rings. The smallest absolute Gasteiger partial charge is 0.275 e. The Hall–Kier alpha value is -3.34. The fraction of sp³-hybridized carbons (Fsp3) is 0.320. The zero-order chi connectivity index (χ0) is 28.0. The number of hydrogen-bond acceptors (Lipinski definition) is 5. The van der Waals surface area contributed by atoms with Gasteiger partial charge in [-0.15, -0.1) is 0 Å². The molecule has 196 valence electrons. The van der Waals surface area contributed by atoms with Crippen molar-refractivity contribution in [3.63, 3.8) is 0 Å². The molecule has 2 aromatic carbocycles. The summed E-state index contributed by atoms with van der Waals surface area (Å²) in [5, 5.41) is 6.20. The van der Waals surface area contributed by atoms with Crippen molar-refractivity contribution in [1.29, 1.82) is 0 Å². The summed E-state index contributed by atoms with van der Waals surface area (Å²) in [5.41, 5.74) is 1.79. The molecule has 1 aliphatic heterocycles. The molecular formula is C25H30B3FN4O4S.